The number of hydrogen-bond donors (Lipinski definition) is 1. The lowest BCUT2D eigenvalue weighted by Crippen LogP contribution is -2.51. The third-order valence-corrected chi connectivity index (χ3v) is 3.76. The number of carbonyl (C=O) groups excluding carboxylic acids is 1. The quantitative estimate of drug-likeness (QED) is 0.783. The van der Waals surface area contributed by atoms with Crippen LogP contribution in [0.2, 0.25) is 0 Å². The minimum Gasteiger partial charge on any atom is -0.373 e. The summed E-state index contributed by atoms with van der Waals surface area (Å²) < 4.78 is 5.78. The molecule has 2 heterocycles. The van der Waals surface area contributed by atoms with E-state index in [9.17, 15) is 4.79 Å². The monoisotopic (exact) mass is 241 g/mol. The van der Waals surface area contributed by atoms with Crippen LogP contribution in [0.25, 0.3) is 0 Å². The van der Waals surface area contributed by atoms with Crippen molar-refractivity contribution >= 4 is 6.03 Å². The highest BCUT2D eigenvalue weighted by molar-refractivity contribution is 5.73. The summed E-state index contributed by atoms with van der Waals surface area (Å²) >= 11 is 0. The van der Waals surface area contributed by atoms with Gasteiger partial charge in [0, 0.05) is 32.7 Å². The Hall–Kier alpha value is -0.810. The molecule has 2 aliphatic rings. The zero-order valence-corrected chi connectivity index (χ0v) is 10.8. The first-order chi connectivity index (χ1) is 8.20. The Morgan fingerprint density at radius 3 is 3.18 bits per heavy atom. The summed E-state index contributed by atoms with van der Waals surface area (Å²) in [5.74, 6) is 0. The fraction of sp³-hybridized carbons (Fsp3) is 0.917. The molecule has 0 aromatic rings. The first-order valence-electron chi connectivity index (χ1n) is 6.55. The summed E-state index contributed by atoms with van der Waals surface area (Å²) in [5, 5.41) is 2.92. The Kier molecular flexibility index (Phi) is 4.23. The molecule has 17 heavy (non-hydrogen) atoms. The van der Waals surface area contributed by atoms with E-state index in [-0.39, 0.29) is 12.1 Å². The summed E-state index contributed by atoms with van der Waals surface area (Å²) in [6.45, 7) is 6.28. The van der Waals surface area contributed by atoms with Gasteiger partial charge in [0.15, 0.2) is 0 Å². The maximum Gasteiger partial charge on any atom is 0.317 e. The Bertz CT molecular complexity index is 272. The van der Waals surface area contributed by atoms with Crippen molar-refractivity contribution in [2.24, 2.45) is 0 Å². The molecule has 2 unspecified atom stereocenters. The molecule has 5 heteroatoms. The summed E-state index contributed by atoms with van der Waals surface area (Å²) in [7, 11) is 1.80. The van der Waals surface area contributed by atoms with Crippen molar-refractivity contribution in [2.45, 2.75) is 31.9 Å². The van der Waals surface area contributed by atoms with Crippen molar-refractivity contribution in [2.75, 3.05) is 39.8 Å². The van der Waals surface area contributed by atoms with E-state index < -0.39 is 0 Å². The highest BCUT2D eigenvalue weighted by atomic mass is 16.5. The van der Waals surface area contributed by atoms with E-state index >= 15 is 0 Å². The minimum atomic E-state index is -0.0142. The van der Waals surface area contributed by atoms with Crippen molar-refractivity contribution in [3.05, 3.63) is 0 Å². The van der Waals surface area contributed by atoms with E-state index in [1.165, 1.54) is 19.4 Å². The molecule has 0 radical (unpaired) electrons. The highest BCUT2D eigenvalue weighted by Gasteiger charge is 2.32. The molecular formula is C12H23N3O2. The molecule has 1 N–H and O–H groups in total. The van der Waals surface area contributed by atoms with Gasteiger partial charge in [-0.3, -0.25) is 4.90 Å². The van der Waals surface area contributed by atoms with Gasteiger partial charge in [0.25, 0.3) is 0 Å². The second-order valence-electron chi connectivity index (χ2n) is 4.95. The maximum absolute atomic E-state index is 11.6. The Morgan fingerprint density at radius 2 is 2.41 bits per heavy atom. The number of morpholine rings is 1. The van der Waals surface area contributed by atoms with Crippen LogP contribution in [0.5, 0.6) is 0 Å². The summed E-state index contributed by atoms with van der Waals surface area (Å²) in [5.41, 5.74) is 0. The fourth-order valence-corrected chi connectivity index (χ4v) is 2.49. The van der Waals surface area contributed by atoms with Crippen LogP contribution in [0.15, 0.2) is 0 Å². The van der Waals surface area contributed by atoms with Crippen molar-refractivity contribution in [1.82, 2.24) is 15.1 Å². The third kappa shape index (κ3) is 3.10. The molecule has 2 aliphatic heterocycles. The van der Waals surface area contributed by atoms with Crippen LogP contribution in [0, 0.1) is 0 Å². The molecule has 0 aromatic carbocycles. The molecule has 2 saturated heterocycles. The first-order valence-corrected chi connectivity index (χ1v) is 6.55. The normalized spacial score (nSPS) is 28.8. The van der Waals surface area contributed by atoms with Crippen LogP contribution in [0.1, 0.15) is 19.8 Å². The van der Waals surface area contributed by atoms with Crippen molar-refractivity contribution in [3.63, 3.8) is 0 Å². The molecular weight excluding hydrogens is 218 g/mol. The minimum absolute atomic E-state index is 0.0142. The number of nitrogens with one attached hydrogen (secondary N) is 1. The number of rotatable bonds is 3. The average molecular weight is 241 g/mol. The molecule has 2 fully saturated rings. The van der Waals surface area contributed by atoms with Crippen molar-refractivity contribution in [3.8, 4) is 0 Å². The lowest BCUT2D eigenvalue weighted by molar-refractivity contribution is -0.0460. The number of fused-ring (bicyclic) bond motifs is 1. The number of carbonyl (C=O) groups is 1. The van der Waals surface area contributed by atoms with E-state index in [2.05, 4.69) is 10.2 Å². The van der Waals surface area contributed by atoms with Gasteiger partial charge in [-0.05, 0) is 26.3 Å². The van der Waals surface area contributed by atoms with E-state index in [0.717, 1.165) is 19.7 Å². The zero-order valence-electron chi connectivity index (χ0n) is 10.8. The summed E-state index contributed by atoms with van der Waals surface area (Å²) in [6, 6.07) is 0.611. The Labute approximate surface area is 103 Å². The van der Waals surface area contributed by atoms with Gasteiger partial charge in [-0.25, -0.2) is 4.79 Å². The van der Waals surface area contributed by atoms with Gasteiger partial charge in [0.1, 0.15) is 0 Å². The average Bonchev–Trinajstić information content (AvgIpc) is 2.82. The zero-order chi connectivity index (χ0) is 12.3. The highest BCUT2D eigenvalue weighted by Crippen LogP contribution is 2.22. The molecule has 0 bridgehead atoms. The largest absolute Gasteiger partial charge is 0.373 e. The second kappa shape index (κ2) is 5.69. The van der Waals surface area contributed by atoms with Crippen LogP contribution < -0.4 is 5.32 Å². The standard InChI is InChI=1S/C12H23N3O2/c1-3-14(2)12(16)13-7-11-8-15-6-4-5-10(15)9-17-11/h10-11H,3-9H2,1-2H3,(H,13,16). The van der Waals surface area contributed by atoms with E-state index in [1.54, 1.807) is 11.9 Å². The molecule has 0 spiro atoms. The molecule has 0 aromatic heterocycles. The van der Waals surface area contributed by atoms with E-state index in [1.807, 2.05) is 6.92 Å². The first kappa shape index (κ1) is 12.6. The van der Waals surface area contributed by atoms with Crippen molar-refractivity contribution in [1.29, 1.82) is 0 Å². The smallest absolute Gasteiger partial charge is 0.317 e. The predicted octanol–water partition coefficient (Wildman–Crippen LogP) is 0.511. The predicted molar refractivity (Wildman–Crippen MR) is 66.0 cm³/mol. The van der Waals surface area contributed by atoms with Gasteiger partial charge >= 0.3 is 6.03 Å². The van der Waals surface area contributed by atoms with E-state index in [0.29, 0.717) is 12.6 Å². The number of ether oxygens (including phenoxy) is 1. The summed E-state index contributed by atoms with van der Waals surface area (Å²) in [4.78, 5) is 15.7. The Morgan fingerprint density at radius 1 is 1.59 bits per heavy atom. The SMILES string of the molecule is CCN(C)C(=O)NCC1CN2CCCC2CO1. The Balaban J connectivity index is 1.71. The fourth-order valence-electron chi connectivity index (χ4n) is 2.49. The third-order valence-electron chi connectivity index (χ3n) is 3.76. The molecule has 5 nitrogen and oxygen atoms in total. The van der Waals surface area contributed by atoms with Crippen LogP contribution >= 0.6 is 0 Å². The molecule has 98 valence electrons. The van der Waals surface area contributed by atoms with Gasteiger partial charge in [-0.1, -0.05) is 0 Å². The van der Waals surface area contributed by atoms with Crippen molar-refractivity contribution < 1.29 is 9.53 Å². The lowest BCUT2D eigenvalue weighted by atomic mass is 10.2. The van der Waals surface area contributed by atoms with Gasteiger partial charge in [0.05, 0.1) is 12.7 Å². The molecule has 2 amide bonds. The molecule has 2 atom stereocenters. The van der Waals surface area contributed by atoms with E-state index in [4.69, 9.17) is 4.74 Å². The number of urea groups is 1. The van der Waals surface area contributed by atoms with Crippen LogP contribution in [0.3, 0.4) is 0 Å². The summed E-state index contributed by atoms with van der Waals surface area (Å²) in [6.07, 6.45) is 2.70. The number of nitrogens with zero attached hydrogens (tertiary/aromatic N) is 2. The molecule has 2 rings (SSSR count). The van der Waals surface area contributed by atoms with Crippen LogP contribution in [0.4, 0.5) is 4.79 Å². The van der Waals surface area contributed by atoms with Gasteiger partial charge in [-0.15, -0.1) is 0 Å². The number of hydrogen-bond acceptors (Lipinski definition) is 3. The van der Waals surface area contributed by atoms with Crippen LogP contribution in [-0.2, 0) is 4.74 Å². The second-order valence-corrected chi connectivity index (χ2v) is 4.95. The van der Waals surface area contributed by atoms with Gasteiger partial charge in [-0.2, -0.15) is 0 Å². The van der Waals surface area contributed by atoms with Crippen LogP contribution in [-0.4, -0.2) is 67.8 Å². The lowest BCUT2D eigenvalue weighted by Gasteiger charge is -2.35. The topological polar surface area (TPSA) is 44.8 Å². The molecule has 0 saturated carbocycles. The van der Waals surface area contributed by atoms with Gasteiger partial charge < -0.3 is 15.0 Å². The maximum atomic E-state index is 11.6. The van der Waals surface area contributed by atoms with Gasteiger partial charge in [0.2, 0.25) is 0 Å². The molecule has 0 aliphatic carbocycles. The number of amides is 2.